The Hall–Kier alpha value is -0.910. The lowest BCUT2D eigenvalue weighted by Crippen LogP contribution is -2.51. The van der Waals surface area contributed by atoms with Crippen molar-refractivity contribution in [3.8, 4) is 0 Å². The highest BCUT2D eigenvalue weighted by Gasteiger charge is 2.28. The maximum Gasteiger partial charge on any atom is 0.317 e. The minimum atomic E-state index is -0.831. The highest BCUT2D eigenvalue weighted by atomic mass is 32.2. The van der Waals surface area contributed by atoms with Crippen LogP contribution in [-0.2, 0) is 4.79 Å². The SMILES string of the molecule is O=C(O)CC1CSCCN1C(=O)NCCC1CCCCC1. The molecule has 2 rings (SSSR count). The molecule has 0 aromatic carbocycles. The Balaban J connectivity index is 1.73. The van der Waals surface area contributed by atoms with Crippen LogP contribution in [0.25, 0.3) is 0 Å². The number of hydrogen-bond acceptors (Lipinski definition) is 3. The molecular weight excluding hydrogens is 288 g/mol. The minimum Gasteiger partial charge on any atom is -0.481 e. The normalized spacial score (nSPS) is 23.8. The van der Waals surface area contributed by atoms with Crippen LogP contribution in [0.5, 0.6) is 0 Å². The third-order valence-electron chi connectivity index (χ3n) is 4.45. The summed E-state index contributed by atoms with van der Waals surface area (Å²) < 4.78 is 0. The minimum absolute atomic E-state index is 0.0447. The molecule has 0 bridgehead atoms. The monoisotopic (exact) mass is 314 g/mol. The zero-order valence-corrected chi connectivity index (χ0v) is 13.4. The van der Waals surface area contributed by atoms with E-state index in [-0.39, 0.29) is 18.5 Å². The third-order valence-corrected chi connectivity index (χ3v) is 5.54. The predicted octanol–water partition coefficient (Wildman–Crippen LogP) is 2.56. The second-order valence-corrected chi connectivity index (χ2v) is 7.19. The van der Waals surface area contributed by atoms with Gasteiger partial charge in [-0.15, -0.1) is 0 Å². The predicted molar refractivity (Wildman–Crippen MR) is 84.7 cm³/mol. The summed E-state index contributed by atoms with van der Waals surface area (Å²) in [5.41, 5.74) is 0. The van der Waals surface area contributed by atoms with Crippen molar-refractivity contribution in [2.75, 3.05) is 24.6 Å². The van der Waals surface area contributed by atoms with Gasteiger partial charge in [0, 0.05) is 24.6 Å². The van der Waals surface area contributed by atoms with E-state index in [2.05, 4.69) is 5.32 Å². The molecule has 1 aliphatic heterocycles. The van der Waals surface area contributed by atoms with Crippen molar-refractivity contribution in [2.24, 2.45) is 5.92 Å². The lowest BCUT2D eigenvalue weighted by molar-refractivity contribution is -0.137. The van der Waals surface area contributed by atoms with Crippen molar-refractivity contribution in [1.82, 2.24) is 10.2 Å². The molecule has 1 unspecified atom stereocenters. The van der Waals surface area contributed by atoms with E-state index >= 15 is 0 Å². The van der Waals surface area contributed by atoms with E-state index in [4.69, 9.17) is 5.11 Å². The third kappa shape index (κ3) is 5.41. The number of carboxylic acids is 1. The number of aliphatic carboxylic acids is 1. The summed E-state index contributed by atoms with van der Waals surface area (Å²) in [6.45, 7) is 1.37. The second-order valence-electron chi connectivity index (χ2n) is 6.04. The second kappa shape index (κ2) is 8.51. The first-order chi connectivity index (χ1) is 10.2. The molecule has 2 aliphatic rings. The molecule has 2 N–H and O–H groups in total. The van der Waals surface area contributed by atoms with Crippen LogP contribution in [0, 0.1) is 5.92 Å². The zero-order valence-electron chi connectivity index (χ0n) is 12.6. The first-order valence-electron chi connectivity index (χ1n) is 8.01. The van der Waals surface area contributed by atoms with Crippen LogP contribution in [0.3, 0.4) is 0 Å². The van der Waals surface area contributed by atoms with Gasteiger partial charge in [-0.3, -0.25) is 4.79 Å². The van der Waals surface area contributed by atoms with Crippen molar-refractivity contribution >= 4 is 23.8 Å². The van der Waals surface area contributed by atoms with Crippen LogP contribution in [0.15, 0.2) is 0 Å². The number of hydrogen-bond donors (Lipinski definition) is 2. The summed E-state index contributed by atoms with van der Waals surface area (Å²) in [6.07, 6.45) is 7.67. The highest BCUT2D eigenvalue weighted by molar-refractivity contribution is 7.99. The van der Waals surface area contributed by atoms with Crippen molar-refractivity contribution in [1.29, 1.82) is 0 Å². The average Bonchev–Trinajstić information content (AvgIpc) is 2.48. The molecule has 0 aromatic heterocycles. The number of carboxylic acid groups (broad SMARTS) is 1. The number of carbonyl (C=O) groups is 2. The quantitative estimate of drug-likeness (QED) is 0.818. The van der Waals surface area contributed by atoms with Crippen LogP contribution in [0.2, 0.25) is 0 Å². The summed E-state index contributed by atoms with van der Waals surface area (Å²) in [5.74, 6) is 1.54. The molecule has 21 heavy (non-hydrogen) atoms. The molecule has 1 saturated carbocycles. The smallest absolute Gasteiger partial charge is 0.317 e. The van der Waals surface area contributed by atoms with E-state index in [0.29, 0.717) is 13.1 Å². The van der Waals surface area contributed by atoms with Gasteiger partial charge in [0.25, 0.3) is 0 Å². The van der Waals surface area contributed by atoms with Gasteiger partial charge in [0.2, 0.25) is 0 Å². The molecule has 0 radical (unpaired) electrons. The fraction of sp³-hybridized carbons (Fsp3) is 0.867. The number of urea groups is 1. The van der Waals surface area contributed by atoms with E-state index in [9.17, 15) is 9.59 Å². The molecule has 1 aliphatic carbocycles. The van der Waals surface area contributed by atoms with Crippen molar-refractivity contribution < 1.29 is 14.7 Å². The van der Waals surface area contributed by atoms with Crippen LogP contribution < -0.4 is 5.32 Å². The van der Waals surface area contributed by atoms with E-state index in [1.165, 1.54) is 32.1 Å². The number of carbonyl (C=O) groups excluding carboxylic acids is 1. The van der Waals surface area contributed by atoms with Crippen LogP contribution in [0.1, 0.15) is 44.9 Å². The molecule has 2 fully saturated rings. The molecule has 1 heterocycles. The van der Waals surface area contributed by atoms with Crippen LogP contribution in [-0.4, -0.2) is 52.6 Å². The molecule has 6 heteroatoms. The van der Waals surface area contributed by atoms with E-state index in [1.54, 1.807) is 16.7 Å². The summed E-state index contributed by atoms with van der Waals surface area (Å²) in [5, 5.41) is 11.9. The maximum atomic E-state index is 12.2. The first-order valence-corrected chi connectivity index (χ1v) is 9.16. The molecular formula is C15H26N2O3S. The zero-order chi connectivity index (χ0) is 15.1. The Labute approximate surface area is 130 Å². The Kier molecular flexibility index (Phi) is 6.67. The van der Waals surface area contributed by atoms with Crippen molar-refractivity contribution in [2.45, 2.75) is 51.0 Å². The first kappa shape index (κ1) is 16.5. The number of amides is 2. The molecule has 5 nitrogen and oxygen atoms in total. The van der Waals surface area contributed by atoms with E-state index in [1.807, 2.05) is 0 Å². The van der Waals surface area contributed by atoms with Gasteiger partial charge >= 0.3 is 12.0 Å². The molecule has 0 spiro atoms. The van der Waals surface area contributed by atoms with Gasteiger partial charge in [0.1, 0.15) is 0 Å². The number of rotatable bonds is 5. The average molecular weight is 314 g/mol. The van der Waals surface area contributed by atoms with Gasteiger partial charge in [-0.05, 0) is 12.3 Å². The van der Waals surface area contributed by atoms with Crippen LogP contribution >= 0.6 is 11.8 Å². The van der Waals surface area contributed by atoms with Crippen molar-refractivity contribution in [3.63, 3.8) is 0 Å². The Morgan fingerprint density at radius 3 is 2.71 bits per heavy atom. The van der Waals surface area contributed by atoms with Gasteiger partial charge in [-0.25, -0.2) is 4.79 Å². The molecule has 1 atom stereocenters. The van der Waals surface area contributed by atoms with Gasteiger partial charge < -0.3 is 15.3 Å². The summed E-state index contributed by atoms with van der Waals surface area (Å²) in [4.78, 5) is 24.8. The lowest BCUT2D eigenvalue weighted by Gasteiger charge is -2.34. The topological polar surface area (TPSA) is 69.6 Å². The van der Waals surface area contributed by atoms with Gasteiger partial charge in [0.05, 0.1) is 12.5 Å². The highest BCUT2D eigenvalue weighted by Crippen LogP contribution is 2.26. The molecule has 120 valence electrons. The number of nitrogens with one attached hydrogen (secondary N) is 1. The number of nitrogens with zero attached hydrogens (tertiary/aromatic N) is 1. The largest absolute Gasteiger partial charge is 0.481 e. The summed E-state index contributed by atoms with van der Waals surface area (Å²) in [6, 6.07) is -0.256. The Morgan fingerprint density at radius 1 is 1.24 bits per heavy atom. The van der Waals surface area contributed by atoms with E-state index < -0.39 is 5.97 Å². The Bertz CT molecular complexity index is 359. The summed E-state index contributed by atoms with van der Waals surface area (Å²) >= 11 is 1.73. The van der Waals surface area contributed by atoms with Gasteiger partial charge in [-0.1, -0.05) is 32.1 Å². The lowest BCUT2D eigenvalue weighted by atomic mass is 9.87. The fourth-order valence-corrected chi connectivity index (χ4v) is 4.32. The van der Waals surface area contributed by atoms with Gasteiger partial charge in [-0.2, -0.15) is 11.8 Å². The number of thioether (sulfide) groups is 1. The summed E-state index contributed by atoms with van der Waals surface area (Å²) in [7, 11) is 0. The molecule has 0 aromatic rings. The maximum absolute atomic E-state index is 12.2. The van der Waals surface area contributed by atoms with Crippen LogP contribution in [0.4, 0.5) is 4.79 Å². The standard InChI is InChI=1S/C15H26N2O3S/c18-14(19)10-13-11-21-9-8-17(13)15(20)16-7-6-12-4-2-1-3-5-12/h12-13H,1-11H2,(H,16,20)(H,18,19). The van der Waals surface area contributed by atoms with E-state index in [0.717, 1.165) is 23.8 Å². The van der Waals surface area contributed by atoms with Gasteiger partial charge in [0.15, 0.2) is 0 Å². The Morgan fingerprint density at radius 2 is 2.00 bits per heavy atom. The van der Waals surface area contributed by atoms with Crippen molar-refractivity contribution in [3.05, 3.63) is 0 Å². The molecule has 2 amide bonds. The fourth-order valence-electron chi connectivity index (χ4n) is 3.25. The molecule has 1 saturated heterocycles.